The Morgan fingerprint density at radius 2 is 1.88 bits per heavy atom. The molecule has 1 saturated carbocycles. The lowest BCUT2D eigenvalue weighted by molar-refractivity contribution is 0.218. The highest BCUT2D eigenvalue weighted by molar-refractivity contribution is 5.82. The van der Waals surface area contributed by atoms with Crippen LogP contribution in [0.25, 0.3) is 0 Å². The molecule has 3 nitrogen and oxygen atoms in total. The van der Waals surface area contributed by atoms with Crippen molar-refractivity contribution >= 4 is 5.84 Å². The molecule has 0 bridgehead atoms. The predicted molar refractivity (Wildman–Crippen MR) is 74.4 cm³/mol. The van der Waals surface area contributed by atoms with E-state index in [9.17, 15) is 0 Å². The van der Waals surface area contributed by atoms with Crippen LogP contribution in [0.3, 0.4) is 0 Å². The first-order valence-corrected chi connectivity index (χ1v) is 6.95. The van der Waals surface area contributed by atoms with Gasteiger partial charge >= 0.3 is 0 Å². The highest BCUT2D eigenvalue weighted by Gasteiger charge is 2.22. The molecule has 17 heavy (non-hydrogen) atoms. The number of nitrogens with one attached hydrogen (secondary N) is 1. The first-order chi connectivity index (χ1) is 7.92. The zero-order chi connectivity index (χ0) is 12.9. The SMILES string of the molecule is CN(CCC(C)(C)C(=N)N)CC1CCCCC1. The molecule has 0 amide bonds. The molecule has 0 spiro atoms. The van der Waals surface area contributed by atoms with Crippen molar-refractivity contribution in [3.8, 4) is 0 Å². The molecule has 3 N–H and O–H groups in total. The van der Waals surface area contributed by atoms with Gasteiger partial charge in [0.05, 0.1) is 5.84 Å². The van der Waals surface area contributed by atoms with Gasteiger partial charge in [-0.1, -0.05) is 33.1 Å². The van der Waals surface area contributed by atoms with Gasteiger partial charge in [-0.3, -0.25) is 5.41 Å². The Balaban J connectivity index is 2.24. The molecule has 0 radical (unpaired) electrons. The third-order valence-corrected chi connectivity index (χ3v) is 4.14. The van der Waals surface area contributed by atoms with E-state index >= 15 is 0 Å². The summed E-state index contributed by atoms with van der Waals surface area (Å²) >= 11 is 0. The average molecular weight is 239 g/mol. The summed E-state index contributed by atoms with van der Waals surface area (Å²) in [7, 11) is 2.20. The van der Waals surface area contributed by atoms with Crippen molar-refractivity contribution < 1.29 is 0 Å². The smallest absolute Gasteiger partial charge is 0.0963 e. The van der Waals surface area contributed by atoms with Crippen LogP contribution in [0.15, 0.2) is 0 Å². The van der Waals surface area contributed by atoms with Gasteiger partial charge in [0.25, 0.3) is 0 Å². The lowest BCUT2D eigenvalue weighted by Gasteiger charge is -2.30. The second-order valence-electron chi connectivity index (χ2n) is 6.31. The molecule has 1 aliphatic carbocycles. The number of rotatable bonds is 6. The highest BCUT2D eigenvalue weighted by atomic mass is 15.1. The van der Waals surface area contributed by atoms with Gasteiger partial charge in [0.2, 0.25) is 0 Å². The lowest BCUT2D eigenvalue weighted by atomic mass is 9.87. The Hall–Kier alpha value is -0.570. The van der Waals surface area contributed by atoms with Crippen LogP contribution < -0.4 is 5.73 Å². The Kier molecular flexibility index (Phi) is 5.44. The first kappa shape index (κ1) is 14.5. The highest BCUT2D eigenvalue weighted by Crippen LogP contribution is 2.25. The summed E-state index contributed by atoms with van der Waals surface area (Å²) in [6.45, 7) is 6.38. The van der Waals surface area contributed by atoms with Crippen molar-refractivity contribution in [1.82, 2.24) is 4.90 Å². The maximum Gasteiger partial charge on any atom is 0.0963 e. The summed E-state index contributed by atoms with van der Waals surface area (Å²) in [6, 6.07) is 0. The molecule has 1 aliphatic rings. The number of hydrogen-bond donors (Lipinski definition) is 2. The first-order valence-electron chi connectivity index (χ1n) is 6.95. The third kappa shape index (κ3) is 5.07. The molecule has 0 atom stereocenters. The van der Waals surface area contributed by atoms with E-state index in [-0.39, 0.29) is 5.41 Å². The standard InChI is InChI=1S/C14H29N3/c1-14(2,13(15)16)9-10-17(3)11-12-7-5-4-6-8-12/h12H,4-11H2,1-3H3,(H3,15,16). The Labute approximate surface area is 106 Å². The van der Waals surface area contributed by atoms with Gasteiger partial charge in [0, 0.05) is 12.0 Å². The Bertz CT molecular complexity index is 242. The number of nitrogens with zero attached hydrogens (tertiary/aromatic N) is 1. The van der Waals surface area contributed by atoms with Crippen LogP contribution in [0.2, 0.25) is 0 Å². The van der Waals surface area contributed by atoms with Crippen molar-refractivity contribution in [2.75, 3.05) is 20.1 Å². The van der Waals surface area contributed by atoms with E-state index in [1.165, 1.54) is 38.6 Å². The minimum Gasteiger partial charge on any atom is -0.387 e. The lowest BCUT2D eigenvalue weighted by Crippen LogP contribution is -2.36. The zero-order valence-electron chi connectivity index (χ0n) is 11.8. The van der Waals surface area contributed by atoms with Crippen molar-refractivity contribution in [3.05, 3.63) is 0 Å². The molecule has 0 aromatic carbocycles. The predicted octanol–water partition coefficient (Wildman–Crippen LogP) is 2.85. The van der Waals surface area contributed by atoms with E-state index in [4.69, 9.17) is 11.1 Å². The van der Waals surface area contributed by atoms with E-state index in [1.54, 1.807) is 0 Å². The van der Waals surface area contributed by atoms with Crippen molar-refractivity contribution in [3.63, 3.8) is 0 Å². The third-order valence-electron chi connectivity index (χ3n) is 4.14. The van der Waals surface area contributed by atoms with Crippen LogP contribution >= 0.6 is 0 Å². The van der Waals surface area contributed by atoms with E-state index < -0.39 is 0 Å². The molecule has 100 valence electrons. The number of hydrogen-bond acceptors (Lipinski definition) is 2. The largest absolute Gasteiger partial charge is 0.387 e. The molecule has 1 fully saturated rings. The van der Waals surface area contributed by atoms with E-state index in [2.05, 4.69) is 25.8 Å². The second-order valence-corrected chi connectivity index (χ2v) is 6.31. The second kappa shape index (κ2) is 6.39. The molecule has 0 saturated heterocycles. The van der Waals surface area contributed by atoms with Gasteiger partial charge < -0.3 is 10.6 Å². The zero-order valence-corrected chi connectivity index (χ0v) is 11.8. The molecule has 1 rings (SSSR count). The fourth-order valence-electron chi connectivity index (χ4n) is 2.51. The fourth-order valence-corrected chi connectivity index (χ4v) is 2.51. The van der Waals surface area contributed by atoms with Crippen molar-refractivity contribution in [1.29, 1.82) is 5.41 Å². The Morgan fingerprint density at radius 3 is 2.41 bits per heavy atom. The average Bonchev–Trinajstić information content (AvgIpc) is 2.28. The van der Waals surface area contributed by atoms with Gasteiger partial charge in [-0.2, -0.15) is 0 Å². The van der Waals surface area contributed by atoms with Crippen LogP contribution in [0.1, 0.15) is 52.4 Å². The minimum absolute atomic E-state index is 0.152. The topological polar surface area (TPSA) is 53.1 Å². The summed E-state index contributed by atoms with van der Waals surface area (Å²) in [5.74, 6) is 1.21. The number of nitrogens with two attached hydrogens (primary N) is 1. The molecule has 3 heteroatoms. The van der Waals surface area contributed by atoms with E-state index in [1.807, 2.05) is 0 Å². The molecule has 0 unspecified atom stereocenters. The monoisotopic (exact) mass is 239 g/mol. The van der Waals surface area contributed by atoms with Crippen molar-refractivity contribution in [2.45, 2.75) is 52.4 Å². The summed E-state index contributed by atoms with van der Waals surface area (Å²) < 4.78 is 0. The minimum atomic E-state index is -0.152. The van der Waals surface area contributed by atoms with E-state index in [0.717, 1.165) is 18.9 Å². The molecule has 0 heterocycles. The molecule has 0 aliphatic heterocycles. The molecule has 0 aromatic rings. The molecule has 0 aromatic heterocycles. The molecular formula is C14H29N3. The van der Waals surface area contributed by atoms with Gasteiger partial charge in [-0.05, 0) is 38.8 Å². The van der Waals surface area contributed by atoms with Gasteiger partial charge in [-0.15, -0.1) is 0 Å². The molecular weight excluding hydrogens is 210 g/mol. The normalized spacial score (nSPS) is 18.6. The summed E-state index contributed by atoms with van der Waals surface area (Å²) in [5.41, 5.74) is 5.45. The fraction of sp³-hybridized carbons (Fsp3) is 0.929. The summed E-state index contributed by atoms with van der Waals surface area (Å²) in [6.07, 6.45) is 8.04. The quantitative estimate of drug-likeness (QED) is 0.553. The van der Waals surface area contributed by atoms with Crippen LogP contribution in [0.5, 0.6) is 0 Å². The van der Waals surface area contributed by atoms with Gasteiger partial charge in [-0.25, -0.2) is 0 Å². The van der Waals surface area contributed by atoms with Gasteiger partial charge in [0.1, 0.15) is 0 Å². The Morgan fingerprint density at radius 1 is 1.29 bits per heavy atom. The maximum absolute atomic E-state index is 7.55. The maximum atomic E-state index is 7.55. The van der Waals surface area contributed by atoms with Crippen molar-refractivity contribution in [2.24, 2.45) is 17.1 Å². The van der Waals surface area contributed by atoms with Gasteiger partial charge in [0.15, 0.2) is 0 Å². The summed E-state index contributed by atoms with van der Waals surface area (Å²) in [4.78, 5) is 2.42. The number of amidine groups is 1. The summed E-state index contributed by atoms with van der Waals surface area (Å²) in [5, 5.41) is 7.55. The van der Waals surface area contributed by atoms with Crippen LogP contribution in [-0.4, -0.2) is 30.9 Å². The van der Waals surface area contributed by atoms with Crippen LogP contribution in [0, 0.1) is 16.7 Å². The van der Waals surface area contributed by atoms with E-state index in [0.29, 0.717) is 5.84 Å². The van der Waals surface area contributed by atoms with Crippen LogP contribution in [-0.2, 0) is 0 Å². The van der Waals surface area contributed by atoms with Crippen LogP contribution in [0.4, 0.5) is 0 Å².